The summed E-state index contributed by atoms with van der Waals surface area (Å²) in [5.74, 6) is 0.0841. The number of amides is 1. The number of benzene rings is 1. The van der Waals surface area contributed by atoms with Crippen LogP contribution in [0.25, 0.3) is 6.08 Å². The van der Waals surface area contributed by atoms with E-state index in [0.717, 1.165) is 24.9 Å². The first-order valence-electron chi connectivity index (χ1n) is 7.02. The molecule has 0 bridgehead atoms. The van der Waals surface area contributed by atoms with Crippen LogP contribution in [0.3, 0.4) is 0 Å². The molecule has 0 spiro atoms. The Morgan fingerprint density at radius 3 is 2.81 bits per heavy atom. The minimum absolute atomic E-state index is 0.0841. The van der Waals surface area contributed by atoms with Gasteiger partial charge in [-0.15, -0.1) is 11.3 Å². The fraction of sp³-hybridized carbons (Fsp3) is 0.235. The first kappa shape index (κ1) is 14.4. The lowest BCUT2D eigenvalue weighted by Crippen LogP contribution is -2.28. The standard InChI is InChI=1S/C17H16ClNOS/c18-14-8-5-13(6-9-14)7-10-17(20)19-11-1-3-15(19)16-4-2-12-21-16/h2,4-10,12,15H,1,3,11H2/b10-7+. The highest BCUT2D eigenvalue weighted by Crippen LogP contribution is 2.34. The van der Waals surface area contributed by atoms with E-state index in [2.05, 4.69) is 11.4 Å². The monoisotopic (exact) mass is 317 g/mol. The topological polar surface area (TPSA) is 20.3 Å². The highest BCUT2D eigenvalue weighted by atomic mass is 35.5. The van der Waals surface area contributed by atoms with Crippen LogP contribution in [0.15, 0.2) is 47.9 Å². The van der Waals surface area contributed by atoms with Crippen LogP contribution in [0.1, 0.15) is 29.3 Å². The van der Waals surface area contributed by atoms with Gasteiger partial charge in [-0.2, -0.15) is 0 Å². The molecule has 1 unspecified atom stereocenters. The van der Waals surface area contributed by atoms with Gasteiger partial charge in [-0.25, -0.2) is 0 Å². The third-order valence-corrected chi connectivity index (χ3v) is 4.92. The van der Waals surface area contributed by atoms with Crippen molar-refractivity contribution in [2.45, 2.75) is 18.9 Å². The van der Waals surface area contributed by atoms with Crippen LogP contribution in [0.5, 0.6) is 0 Å². The van der Waals surface area contributed by atoms with Crippen molar-refractivity contribution in [3.63, 3.8) is 0 Å². The Labute approximate surface area is 133 Å². The molecule has 0 saturated carbocycles. The van der Waals surface area contributed by atoms with Gasteiger partial charge in [0.05, 0.1) is 6.04 Å². The molecule has 2 aromatic rings. The second-order valence-corrected chi connectivity index (χ2v) is 6.51. The second kappa shape index (κ2) is 6.46. The van der Waals surface area contributed by atoms with Gasteiger partial charge in [0.1, 0.15) is 0 Å². The van der Waals surface area contributed by atoms with Gasteiger partial charge >= 0.3 is 0 Å². The largest absolute Gasteiger partial charge is 0.331 e. The van der Waals surface area contributed by atoms with Crippen LogP contribution in [0, 0.1) is 0 Å². The summed E-state index contributed by atoms with van der Waals surface area (Å²) in [6.07, 6.45) is 5.64. The molecule has 1 amide bonds. The van der Waals surface area contributed by atoms with E-state index in [9.17, 15) is 4.79 Å². The van der Waals surface area contributed by atoms with Gasteiger partial charge in [0.15, 0.2) is 0 Å². The van der Waals surface area contributed by atoms with Crippen LogP contribution in [0.4, 0.5) is 0 Å². The molecule has 0 N–H and O–H groups in total. The molecule has 3 rings (SSSR count). The van der Waals surface area contributed by atoms with E-state index in [1.807, 2.05) is 41.3 Å². The van der Waals surface area contributed by atoms with Gasteiger partial charge in [-0.05, 0) is 48.1 Å². The molecule has 108 valence electrons. The van der Waals surface area contributed by atoms with E-state index in [0.29, 0.717) is 5.02 Å². The molecule has 2 heterocycles. The summed E-state index contributed by atoms with van der Waals surface area (Å²) in [5.41, 5.74) is 0.986. The van der Waals surface area contributed by atoms with Gasteiger partial charge in [-0.3, -0.25) is 4.79 Å². The quantitative estimate of drug-likeness (QED) is 0.746. The van der Waals surface area contributed by atoms with E-state index in [1.165, 1.54) is 4.88 Å². The minimum Gasteiger partial charge on any atom is -0.331 e. The Morgan fingerprint density at radius 1 is 1.29 bits per heavy atom. The van der Waals surface area contributed by atoms with Crippen molar-refractivity contribution in [3.05, 3.63) is 63.3 Å². The highest BCUT2D eigenvalue weighted by molar-refractivity contribution is 7.10. The summed E-state index contributed by atoms with van der Waals surface area (Å²) in [5, 5.41) is 2.77. The maximum atomic E-state index is 12.4. The number of rotatable bonds is 3. The zero-order valence-corrected chi connectivity index (χ0v) is 13.1. The third kappa shape index (κ3) is 3.36. The smallest absolute Gasteiger partial charge is 0.247 e. The molecule has 4 heteroatoms. The van der Waals surface area contributed by atoms with Gasteiger partial charge in [0, 0.05) is 22.5 Å². The van der Waals surface area contributed by atoms with Crippen LogP contribution in [-0.2, 0) is 4.79 Å². The van der Waals surface area contributed by atoms with Crippen molar-refractivity contribution in [2.75, 3.05) is 6.54 Å². The van der Waals surface area contributed by atoms with E-state index >= 15 is 0 Å². The third-order valence-electron chi connectivity index (χ3n) is 3.70. The summed E-state index contributed by atoms with van der Waals surface area (Å²) >= 11 is 7.58. The van der Waals surface area contributed by atoms with E-state index in [-0.39, 0.29) is 11.9 Å². The maximum absolute atomic E-state index is 12.4. The molecule has 21 heavy (non-hydrogen) atoms. The molecule has 1 aliphatic heterocycles. The number of nitrogens with zero attached hydrogens (tertiary/aromatic N) is 1. The van der Waals surface area contributed by atoms with Crippen molar-refractivity contribution in [2.24, 2.45) is 0 Å². The van der Waals surface area contributed by atoms with E-state index in [1.54, 1.807) is 17.4 Å². The predicted molar refractivity (Wildman–Crippen MR) is 88.5 cm³/mol. The Hall–Kier alpha value is -1.58. The zero-order valence-electron chi connectivity index (χ0n) is 11.5. The second-order valence-electron chi connectivity index (χ2n) is 5.09. The molecule has 0 radical (unpaired) electrons. The van der Waals surface area contributed by atoms with Gasteiger partial charge in [-0.1, -0.05) is 29.8 Å². The van der Waals surface area contributed by atoms with Crippen LogP contribution in [0.2, 0.25) is 5.02 Å². The van der Waals surface area contributed by atoms with Gasteiger partial charge in [0.25, 0.3) is 0 Å². The average molecular weight is 318 g/mol. The first-order chi connectivity index (χ1) is 10.2. The summed E-state index contributed by atoms with van der Waals surface area (Å²) in [7, 11) is 0. The van der Waals surface area contributed by atoms with Crippen molar-refractivity contribution in [3.8, 4) is 0 Å². The summed E-state index contributed by atoms with van der Waals surface area (Å²) in [6.45, 7) is 0.840. The van der Waals surface area contributed by atoms with E-state index in [4.69, 9.17) is 11.6 Å². The molecule has 0 aliphatic carbocycles. The molecule has 2 nitrogen and oxygen atoms in total. The number of thiophene rings is 1. The lowest BCUT2D eigenvalue weighted by molar-refractivity contribution is -0.126. The lowest BCUT2D eigenvalue weighted by Gasteiger charge is -2.22. The van der Waals surface area contributed by atoms with Gasteiger partial charge < -0.3 is 4.90 Å². The highest BCUT2D eigenvalue weighted by Gasteiger charge is 2.29. The van der Waals surface area contributed by atoms with Crippen molar-refractivity contribution < 1.29 is 4.79 Å². The number of carbonyl (C=O) groups is 1. The Bertz CT molecular complexity index is 633. The lowest BCUT2D eigenvalue weighted by atomic mass is 10.2. The minimum atomic E-state index is 0.0841. The van der Waals surface area contributed by atoms with Crippen molar-refractivity contribution >= 4 is 34.9 Å². The SMILES string of the molecule is O=C(/C=C/c1ccc(Cl)cc1)N1CCCC1c1cccs1. The molecule has 1 saturated heterocycles. The summed E-state index contributed by atoms with van der Waals surface area (Å²) in [6, 6.07) is 11.9. The van der Waals surface area contributed by atoms with Crippen molar-refractivity contribution in [1.29, 1.82) is 0 Å². The number of halogens is 1. The normalized spacial score (nSPS) is 18.5. The molecular formula is C17H16ClNOS. The van der Waals surface area contributed by atoms with Gasteiger partial charge in [0.2, 0.25) is 5.91 Å². The van der Waals surface area contributed by atoms with Crippen LogP contribution < -0.4 is 0 Å². The number of hydrogen-bond donors (Lipinski definition) is 0. The molecule has 1 fully saturated rings. The van der Waals surface area contributed by atoms with Crippen molar-refractivity contribution in [1.82, 2.24) is 4.90 Å². The summed E-state index contributed by atoms with van der Waals surface area (Å²) in [4.78, 5) is 15.7. The molecule has 1 aromatic heterocycles. The average Bonchev–Trinajstić information content (AvgIpc) is 3.16. The fourth-order valence-corrected chi connectivity index (χ4v) is 3.64. The fourth-order valence-electron chi connectivity index (χ4n) is 2.64. The van der Waals surface area contributed by atoms with Crippen LogP contribution in [-0.4, -0.2) is 17.4 Å². The van der Waals surface area contributed by atoms with E-state index < -0.39 is 0 Å². The molecule has 1 atom stereocenters. The zero-order chi connectivity index (χ0) is 14.7. The molecule has 1 aliphatic rings. The maximum Gasteiger partial charge on any atom is 0.247 e. The Kier molecular flexibility index (Phi) is 4.42. The first-order valence-corrected chi connectivity index (χ1v) is 8.27. The van der Waals surface area contributed by atoms with Crippen LogP contribution >= 0.6 is 22.9 Å². The Balaban J connectivity index is 1.71. The summed E-state index contributed by atoms with van der Waals surface area (Å²) < 4.78 is 0. The number of hydrogen-bond acceptors (Lipinski definition) is 2. The number of carbonyl (C=O) groups excluding carboxylic acids is 1. The number of likely N-dealkylation sites (tertiary alicyclic amines) is 1. The Morgan fingerprint density at radius 2 is 2.10 bits per heavy atom. The molecular weight excluding hydrogens is 302 g/mol. The molecule has 1 aromatic carbocycles. The predicted octanol–water partition coefficient (Wildman–Crippen LogP) is 4.78.